The third-order valence-electron chi connectivity index (χ3n) is 4.23. The second-order valence-corrected chi connectivity index (χ2v) is 5.73. The molecule has 0 amide bonds. The summed E-state index contributed by atoms with van der Waals surface area (Å²) >= 11 is 0. The Balaban J connectivity index is 2.29. The summed E-state index contributed by atoms with van der Waals surface area (Å²) in [4.78, 5) is 0. The van der Waals surface area contributed by atoms with E-state index in [1.165, 1.54) is 41.5 Å². The van der Waals surface area contributed by atoms with Crippen LogP contribution in [0.3, 0.4) is 0 Å². The summed E-state index contributed by atoms with van der Waals surface area (Å²) < 4.78 is 6.01. The number of nitrogens with one attached hydrogen (secondary N) is 1. The van der Waals surface area contributed by atoms with E-state index in [0.717, 1.165) is 13.2 Å². The topological polar surface area (TPSA) is 21.3 Å². The molecular weight excluding hydrogens is 234 g/mol. The minimum absolute atomic E-state index is 0.328. The van der Waals surface area contributed by atoms with E-state index in [-0.39, 0.29) is 0 Å². The Bertz CT molecular complexity index is 422. The van der Waals surface area contributed by atoms with Crippen LogP contribution in [0.25, 0.3) is 0 Å². The zero-order chi connectivity index (χ0) is 13.8. The predicted octanol–water partition coefficient (Wildman–Crippen LogP) is 3.83. The van der Waals surface area contributed by atoms with Crippen molar-refractivity contribution < 1.29 is 4.74 Å². The fourth-order valence-electron chi connectivity index (χ4n) is 3.01. The summed E-state index contributed by atoms with van der Waals surface area (Å²) in [6, 6.07) is 4.98. The summed E-state index contributed by atoms with van der Waals surface area (Å²) in [6.45, 7) is 10.7. The molecule has 1 saturated heterocycles. The Labute approximate surface area is 117 Å². The lowest BCUT2D eigenvalue weighted by atomic mass is 9.90. The molecule has 2 atom stereocenters. The molecule has 1 aromatic rings. The van der Waals surface area contributed by atoms with Gasteiger partial charge in [0.2, 0.25) is 0 Å². The molecule has 1 aromatic carbocycles. The summed E-state index contributed by atoms with van der Waals surface area (Å²) in [5, 5.41) is 3.63. The van der Waals surface area contributed by atoms with E-state index in [2.05, 4.69) is 45.1 Å². The lowest BCUT2D eigenvalue weighted by Gasteiger charge is -2.32. The molecule has 0 spiro atoms. The second-order valence-electron chi connectivity index (χ2n) is 5.73. The number of hydrogen-bond acceptors (Lipinski definition) is 2. The molecule has 1 heterocycles. The van der Waals surface area contributed by atoms with Gasteiger partial charge in [-0.05, 0) is 68.8 Å². The Kier molecular flexibility index (Phi) is 5.00. The molecule has 0 saturated carbocycles. The van der Waals surface area contributed by atoms with Crippen molar-refractivity contribution in [2.24, 2.45) is 0 Å². The van der Waals surface area contributed by atoms with Crippen molar-refractivity contribution >= 4 is 0 Å². The molecule has 0 aromatic heterocycles. The highest BCUT2D eigenvalue weighted by molar-refractivity contribution is 5.38. The Morgan fingerprint density at radius 2 is 1.89 bits per heavy atom. The fourth-order valence-corrected chi connectivity index (χ4v) is 3.01. The van der Waals surface area contributed by atoms with E-state index < -0.39 is 0 Å². The molecule has 1 N–H and O–H groups in total. The largest absolute Gasteiger partial charge is 0.376 e. The molecule has 1 aliphatic rings. The molecule has 106 valence electrons. The molecule has 2 heteroatoms. The first-order valence-corrected chi connectivity index (χ1v) is 7.56. The Morgan fingerprint density at radius 3 is 2.53 bits per heavy atom. The van der Waals surface area contributed by atoms with Crippen molar-refractivity contribution in [1.29, 1.82) is 0 Å². The lowest BCUT2D eigenvalue weighted by molar-refractivity contribution is -0.00800. The number of hydrogen-bond donors (Lipinski definition) is 1. The van der Waals surface area contributed by atoms with Crippen LogP contribution in [0.2, 0.25) is 0 Å². The van der Waals surface area contributed by atoms with Gasteiger partial charge in [0.1, 0.15) is 0 Å². The SMILES string of the molecule is CCNC(c1cc(C)c(C)cc1C)C1CCCCO1. The minimum Gasteiger partial charge on any atom is -0.376 e. The summed E-state index contributed by atoms with van der Waals surface area (Å²) in [5.74, 6) is 0. The summed E-state index contributed by atoms with van der Waals surface area (Å²) in [5.41, 5.74) is 5.54. The molecule has 1 fully saturated rings. The Morgan fingerprint density at radius 1 is 1.16 bits per heavy atom. The van der Waals surface area contributed by atoms with Gasteiger partial charge in [0.05, 0.1) is 12.1 Å². The molecule has 0 bridgehead atoms. The molecule has 1 aliphatic heterocycles. The zero-order valence-electron chi connectivity index (χ0n) is 12.8. The van der Waals surface area contributed by atoms with E-state index in [1.54, 1.807) is 0 Å². The quantitative estimate of drug-likeness (QED) is 0.889. The first-order chi connectivity index (χ1) is 9.13. The monoisotopic (exact) mass is 261 g/mol. The summed E-state index contributed by atoms with van der Waals surface area (Å²) in [6.07, 6.45) is 4.00. The van der Waals surface area contributed by atoms with E-state index in [0.29, 0.717) is 12.1 Å². The van der Waals surface area contributed by atoms with Crippen LogP contribution in [-0.2, 0) is 4.74 Å². The van der Waals surface area contributed by atoms with Crippen molar-refractivity contribution in [2.45, 2.75) is 59.1 Å². The number of benzene rings is 1. The zero-order valence-corrected chi connectivity index (χ0v) is 12.8. The van der Waals surface area contributed by atoms with Crippen LogP contribution < -0.4 is 5.32 Å². The van der Waals surface area contributed by atoms with E-state index in [1.807, 2.05) is 0 Å². The smallest absolute Gasteiger partial charge is 0.0769 e. The van der Waals surface area contributed by atoms with Crippen LogP contribution in [0.5, 0.6) is 0 Å². The van der Waals surface area contributed by atoms with Gasteiger partial charge in [0, 0.05) is 6.61 Å². The molecule has 2 rings (SSSR count). The van der Waals surface area contributed by atoms with E-state index >= 15 is 0 Å². The van der Waals surface area contributed by atoms with Gasteiger partial charge in [0.25, 0.3) is 0 Å². The van der Waals surface area contributed by atoms with Gasteiger partial charge in [-0.1, -0.05) is 19.1 Å². The average molecular weight is 261 g/mol. The molecule has 0 aliphatic carbocycles. The molecule has 2 unspecified atom stereocenters. The van der Waals surface area contributed by atoms with Crippen molar-refractivity contribution in [3.8, 4) is 0 Å². The average Bonchev–Trinajstić information content (AvgIpc) is 2.42. The molecule has 2 nitrogen and oxygen atoms in total. The van der Waals surface area contributed by atoms with Crippen LogP contribution in [0.1, 0.15) is 54.5 Å². The highest BCUT2D eigenvalue weighted by Gasteiger charge is 2.26. The van der Waals surface area contributed by atoms with Gasteiger partial charge in [0.15, 0.2) is 0 Å². The first-order valence-electron chi connectivity index (χ1n) is 7.56. The van der Waals surface area contributed by atoms with Crippen LogP contribution in [-0.4, -0.2) is 19.3 Å². The molecule has 0 radical (unpaired) electrons. The third-order valence-corrected chi connectivity index (χ3v) is 4.23. The van der Waals surface area contributed by atoms with E-state index in [9.17, 15) is 0 Å². The van der Waals surface area contributed by atoms with E-state index in [4.69, 9.17) is 4.74 Å². The van der Waals surface area contributed by atoms with Crippen molar-refractivity contribution in [3.63, 3.8) is 0 Å². The number of aryl methyl sites for hydroxylation is 3. The number of rotatable bonds is 4. The van der Waals surface area contributed by atoms with Gasteiger partial charge >= 0.3 is 0 Å². The maximum Gasteiger partial charge on any atom is 0.0769 e. The van der Waals surface area contributed by atoms with Crippen LogP contribution in [0.4, 0.5) is 0 Å². The number of ether oxygens (including phenoxy) is 1. The second kappa shape index (κ2) is 6.53. The van der Waals surface area contributed by atoms with Gasteiger partial charge in [-0.2, -0.15) is 0 Å². The van der Waals surface area contributed by atoms with Crippen molar-refractivity contribution in [1.82, 2.24) is 5.32 Å². The van der Waals surface area contributed by atoms with Crippen molar-refractivity contribution in [3.05, 3.63) is 34.4 Å². The number of likely N-dealkylation sites (N-methyl/N-ethyl adjacent to an activating group) is 1. The maximum atomic E-state index is 6.01. The van der Waals surface area contributed by atoms with Gasteiger partial charge in [-0.25, -0.2) is 0 Å². The van der Waals surface area contributed by atoms with Crippen LogP contribution in [0, 0.1) is 20.8 Å². The summed E-state index contributed by atoms with van der Waals surface area (Å²) in [7, 11) is 0. The fraction of sp³-hybridized carbons (Fsp3) is 0.647. The van der Waals surface area contributed by atoms with Crippen LogP contribution >= 0.6 is 0 Å². The highest BCUT2D eigenvalue weighted by Crippen LogP contribution is 2.30. The highest BCUT2D eigenvalue weighted by atomic mass is 16.5. The van der Waals surface area contributed by atoms with Crippen molar-refractivity contribution in [2.75, 3.05) is 13.2 Å². The normalized spacial score (nSPS) is 21.4. The first kappa shape index (κ1) is 14.5. The van der Waals surface area contributed by atoms with Gasteiger partial charge < -0.3 is 10.1 Å². The van der Waals surface area contributed by atoms with Gasteiger partial charge in [-0.15, -0.1) is 0 Å². The standard InChI is InChI=1S/C17H27NO/c1-5-18-17(16-8-6-7-9-19-16)15-11-13(3)12(2)10-14(15)4/h10-11,16-18H,5-9H2,1-4H3. The van der Waals surface area contributed by atoms with Gasteiger partial charge in [-0.3, -0.25) is 0 Å². The molecule has 19 heavy (non-hydrogen) atoms. The Hall–Kier alpha value is -0.860. The predicted molar refractivity (Wildman–Crippen MR) is 80.7 cm³/mol. The minimum atomic E-state index is 0.328. The van der Waals surface area contributed by atoms with Crippen LogP contribution in [0.15, 0.2) is 12.1 Å². The molecular formula is C17H27NO. The maximum absolute atomic E-state index is 6.01. The lowest BCUT2D eigenvalue weighted by Crippen LogP contribution is -2.36. The third kappa shape index (κ3) is 3.37.